The largest absolute Gasteiger partial charge is 0.481 e. The van der Waals surface area contributed by atoms with Crippen molar-refractivity contribution in [1.29, 1.82) is 0 Å². The van der Waals surface area contributed by atoms with Crippen molar-refractivity contribution < 1.29 is 9.90 Å². The third-order valence-electron chi connectivity index (χ3n) is 4.83. The normalized spacial score (nSPS) is 19.8. The molecule has 1 aromatic carbocycles. The number of nitrogens with zero attached hydrogens (tertiary/aromatic N) is 2. The minimum atomic E-state index is -0.680. The molecule has 1 aliphatic rings. The van der Waals surface area contributed by atoms with E-state index in [1.54, 1.807) is 0 Å². The van der Waals surface area contributed by atoms with Crippen LogP contribution in [-0.4, -0.2) is 34.0 Å². The minimum absolute atomic E-state index is 0.169. The van der Waals surface area contributed by atoms with E-state index in [0.29, 0.717) is 6.54 Å². The van der Waals surface area contributed by atoms with Gasteiger partial charge in [0.25, 0.3) is 0 Å². The molecule has 1 saturated heterocycles. The van der Waals surface area contributed by atoms with E-state index in [1.807, 2.05) is 24.4 Å². The maximum Gasteiger partial charge on any atom is 0.307 e. The second kappa shape index (κ2) is 7.58. The molecule has 4 nitrogen and oxygen atoms in total. The fourth-order valence-electron chi connectivity index (χ4n) is 3.45. The van der Waals surface area contributed by atoms with Crippen molar-refractivity contribution in [2.75, 3.05) is 13.1 Å². The van der Waals surface area contributed by atoms with Crippen LogP contribution in [0.5, 0.6) is 0 Å². The van der Waals surface area contributed by atoms with Gasteiger partial charge in [0.15, 0.2) is 0 Å². The third kappa shape index (κ3) is 4.01. The number of hydrogen-bond donors (Lipinski definition) is 1. The Kier molecular flexibility index (Phi) is 5.26. The average molecular weight is 324 g/mol. The lowest BCUT2D eigenvalue weighted by molar-refractivity contribution is -0.144. The van der Waals surface area contributed by atoms with Crippen molar-refractivity contribution in [3.05, 3.63) is 65.5 Å². The fourth-order valence-corrected chi connectivity index (χ4v) is 3.45. The molecule has 2 unspecified atom stereocenters. The summed E-state index contributed by atoms with van der Waals surface area (Å²) < 4.78 is 0. The fraction of sp³-hybridized carbons (Fsp3) is 0.400. The average Bonchev–Trinajstić information content (AvgIpc) is 2.61. The van der Waals surface area contributed by atoms with Crippen LogP contribution in [0.15, 0.2) is 48.7 Å². The zero-order chi connectivity index (χ0) is 16.9. The topological polar surface area (TPSA) is 53.4 Å². The van der Waals surface area contributed by atoms with Crippen LogP contribution >= 0.6 is 0 Å². The molecule has 4 heteroatoms. The highest BCUT2D eigenvalue weighted by Crippen LogP contribution is 2.30. The first-order valence-corrected chi connectivity index (χ1v) is 8.57. The van der Waals surface area contributed by atoms with Crippen molar-refractivity contribution in [2.45, 2.75) is 32.2 Å². The molecular weight excluding hydrogens is 300 g/mol. The van der Waals surface area contributed by atoms with E-state index in [1.165, 1.54) is 11.1 Å². The number of likely N-dealkylation sites (tertiary alicyclic amines) is 1. The monoisotopic (exact) mass is 324 g/mol. The molecule has 2 atom stereocenters. The summed E-state index contributed by atoms with van der Waals surface area (Å²) in [6, 6.07) is 14.7. The lowest BCUT2D eigenvalue weighted by Crippen LogP contribution is -2.41. The van der Waals surface area contributed by atoms with Crippen LogP contribution in [0, 0.1) is 12.8 Å². The lowest BCUT2D eigenvalue weighted by Gasteiger charge is -2.37. The summed E-state index contributed by atoms with van der Waals surface area (Å²) in [5.74, 6) is -0.948. The summed E-state index contributed by atoms with van der Waals surface area (Å²) in [5.41, 5.74) is 3.51. The molecular formula is C20H24N2O2. The highest BCUT2D eigenvalue weighted by atomic mass is 16.4. The summed E-state index contributed by atoms with van der Waals surface area (Å²) in [5, 5.41) is 9.40. The van der Waals surface area contributed by atoms with E-state index < -0.39 is 5.97 Å². The predicted molar refractivity (Wildman–Crippen MR) is 93.8 cm³/mol. The molecule has 1 fully saturated rings. The van der Waals surface area contributed by atoms with Gasteiger partial charge in [-0.1, -0.05) is 35.9 Å². The van der Waals surface area contributed by atoms with Crippen molar-refractivity contribution in [1.82, 2.24) is 9.88 Å². The Morgan fingerprint density at radius 3 is 2.75 bits per heavy atom. The smallest absolute Gasteiger partial charge is 0.307 e. The number of carboxylic acid groups (broad SMARTS) is 1. The number of rotatable bonds is 5. The first kappa shape index (κ1) is 16.7. The molecule has 0 saturated carbocycles. The standard InChI is InChI=1S/C20H24N2O2/c1-15-7-9-16(10-8-15)19(13-18-6-2-3-11-21-18)22-12-4-5-17(14-22)20(23)24/h2-3,6-11,17,19H,4-5,12-14H2,1H3,(H,23,24). The van der Waals surface area contributed by atoms with E-state index >= 15 is 0 Å². The molecule has 2 heterocycles. The number of benzene rings is 1. The Balaban J connectivity index is 1.86. The molecule has 126 valence electrons. The van der Waals surface area contributed by atoms with Gasteiger partial charge in [0.05, 0.1) is 5.92 Å². The second-order valence-corrected chi connectivity index (χ2v) is 6.62. The van der Waals surface area contributed by atoms with Gasteiger partial charge in [0.1, 0.15) is 0 Å². The molecule has 0 spiro atoms. The van der Waals surface area contributed by atoms with Crippen LogP contribution < -0.4 is 0 Å². The molecule has 0 bridgehead atoms. The summed E-state index contributed by atoms with van der Waals surface area (Å²) in [7, 11) is 0. The number of piperidine rings is 1. The zero-order valence-electron chi connectivity index (χ0n) is 14.1. The SMILES string of the molecule is Cc1ccc(C(Cc2ccccn2)N2CCCC(C(=O)O)C2)cc1. The highest BCUT2D eigenvalue weighted by Gasteiger charge is 2.30. The van der Waals surface area contributed by atoms with Crippen LogP contribution in [0.2, 0.25) is 0 Å². The first-order valence-electron chi connectivity index (χ1n) is 8.57. The molecule has 2 aromatic rings. The molecule has 0 amide bonds. The van der Waals surface area contributed by atoms with Gasteiger partial charge in [0, 0.05) is 30.9 Å². The Morgan fingerprint density at radius 2 is 2.08 bits per heavy atom. The molecule has 3 rings (SSSR count). The van der Waals surface area contributed by atoms with Gasteiger partial charge in [0.2, 0.25) is 0 Å². The number of hydrogen-bond acceptors (Lipinski definition) is 3. The lowest BCUT2D eigenvalue weighted by atomic mass is 9.92. The quantitative estimate of drug-likeness (QED) is 0.915. The van der Waals surface area contributed by atoms with Crippen LogP contribution in [-0.2, 0) is 11.2 Å². The Morgan fingerprint density at radius 1 is 1.29 bits per heavy atom. The first-order chi connectivity index (χ1) is 11.6. The van der Waals surface area contributed by atoms with E-state index in [4.69, 9.17) is 0 Å². The van der Waals surface area contributed by atoms with Crippen molar-refractivity contribution in [2.24, 2.45) is 5.92 Å². The van der Waals surface area contributed by atoms with Crippen molar-refractivity contribution in [3.63, 3.8) is 0 Å². The number of carbonyl (C=O) groups is 1. The van der Waals surface area contributed by atoms with Crippen molar-refractivity contribution in [3.8, 4) is 0 Å². The van der Waals surface area contributed by atoms with Gasteiger partial charge >= 0.3 is 5.97 Å². The molecule has 1 N–H and O–H groups in total. The van der Waals surface area contributed by atoms with E-state index in [0.717, 1.165) is 31.5 Å². The number of carboxylic acids is 1. The number of pyridine rings is 1. The van der Waals surface area contributed by atoms with Crippen LogP contribution in [0.1, 0.15) is 35.7 Å². The summed E-state index contributed by atoms with van der Waals surface area (Å²) in [4.78, 5) is 18.2. The van der Waals surface area contributed by atoms with E-state index in [2.05, 4.69) is 41.1 Å². The van der Waals surface area contributed by atoms with Crippen LogP contribution in [0.3, 0.4) is 0 Å². The molecule has 1 aliphatic heterocycles. The number of aliphatic carboxylic acids is 1. The van der Waals surface area contributed by atoms with Gasteiger partial charge in [-0.3, -0.25) is 14.7 Å². The molecule has 0 radical (unpaired) electrons. The Bertz CT molecular complexity index is 670. The van der Waals surface area contributed by atoms with E-state index in [-0.39, 0.29) is 12.0 Å². The zero-order valence-corrected chi connectivity index (χ0v) is 14.1. The highest BCUT2D eigenvalue weighted by molar-refractivity contribution is 5.70. The number of aromatic nitrogens is 1. The van der Waals surface area contributed by atoms with Gasteiger partial charge in [-0.25, -0.2) is 0 Å². The van der Waals surface area contributed by atoms with Gasteiger partial charge in [-0.15, -0.1) is 0 Å². The maximum absolute atomic E-state index is 11.4. The molecule has 0 aliphatic carbocycles. The van der Waals surface area contributed by atoms with E-state index in [9.17, 15) is 9.90 Å². The Hall–Kier alpha value is -2.20. The summed E-state index contributed by atoms with van der Waals surface area (Å²) in [6.07, 6.45) is 4.33. The predicted octanol–water partition coefficient (Wildman–Crippen LogP) is 3.47. The van der Waals surface area contributed by atoms with Crippen LogP contribution in [0.4, 0.5) is 0 Å². The van der Waals surface area contributed by atoms with Gasteiger partial charge in [-0.2, -0.15) is 0 Å². The Labute approximate surface area is 143 Å². The second-order valence-electron chi connectivity index (χ2n) is 6.62. The summed E-state index contributed by atoms with van der Waals surface area (Å²) >= 11 is 0. The maximum atomic E-state index is 11.4. The summed E-state index contributed by atoms with van der Waals surface area (Å²) in [6.45, 7) is 3.63. The third-order valence-corrected chi connectivity index (χ3v) is 4.83. The van der Waals surface area contributed by atoms with Crippen LogP contribution in [0.25, 0.3) is 0 Å². The number of aryl methyl sites for hydroxylation is 1. The van der Waals surface area contributed by atoms with Crippen molar-refractivity contribution >= 4 is 5.97 Å². The molecule has 24 heavy (non-hydrogen) atoms. The van der Waals surface area contributed by atoms with Gasteiger partial charge < -0.3 is 5.11 Å². The minimum Gasteiger partial charge on any atom is -0.481 e. The van der Waals surface area contributed by atoms with Gasteiger partial charge in [-0.05, 0) is 44.0 Å². The molecule has 1 aromatic heterocycles.